The monoisotopic (exact) mass is 554 g/mol. The number of benzene rings is 7. The van der Waals surface area contributed by atoms with Gasteiger partial charge in [0.05, 0.1) is 15.7 Å². The van der Waals surface area contributed by atoms with E-state index in [-0.39, 0.29) is 0 Å². The highest BCUT2D eigenvalue weighted by Gasteiger charge is 2.22. The van der Waals surface area contributed by atoms with E-state index in [0.29, 0.717) is 0 Å². The lowest BCUT2D eigenvalue weighted by Crippen LogP contribution is -2.09. The Bertz CT molecular complexity index is 2590. The molecule has 1 N–H and O–H groups in total. The molecule has 7 aromatic carbocycles. The second-order valence-corrected chi connectivity index (χ2v) is 12.1. The minimum absolute atomic E-state index is 0.925. The van der Waals surface area contributed by atoms with E-state index in [2.05, 4.69) is 131 Å². The zero-order chi connectivity index (χ0) is 27.4. The molecule has 0 aliphatic heterocycles. The number of furan rings is 1. The second kappa shape index (κ2) is 8.12. The van der Waals surface area contributed by atoms with Crippen molar-refractivity contribution < 1.29 is 4.42 Å². The zero-order valence-corrected chi connectivity index (χ0v) is 23.2. The molecule has 0 saturated carbocycles. The number of nitrogens with one attached hydrogen (secondary N) is 1. The van der Waals surface area contributed by atoms with Crippen molar-refractivity contribution in [3.8, 4) is 0 Å². The van der Waals surface area contributed by atoms with Crippen LogP contribution in [0.15, 0.2) is 132 Å². The van der Waals surface area contributed by atoms with E-state index in [9.17, 15) is 0 Å². The normalized spacial score (nSPS) is 12.3. The van der Waals surface area contributed by atoms with Gasteiger partial charge in [0.15, 0.2) is 5.58 Å². The quantitative estimate of drug-likeness (QED) is 0.220. The van der Waals surface area contributed by atoms with E-state index in [1.165, 1.54) is 47.2 Å². The Labute approximate surface area is 244 Å². The summed E-state index contributed by atoms with van der Waals surface area (Å²) in [6.45, 7) is 0. The number of H-pyrrole nitrogens is 1. The van der Waals surface area contributed by atoms with Crippen molar-refractivity contribution in [2.24, 2.45) is 0 Å². The van der Waals surface area contributed by atoms with Crippen molar-refractivity contribution in [2.45, 2.75) is 0 Å². The molecule has 0 aliphatic carbocycles. The van der Waals surface area contributed by atoms with Gasteiger partial charge in [0.2, 0.25) is 0 Å². The number of aromatic nitrogens is 1. The van der Waals surface area contributed by atoms with E-state index in [0.717, 1.165) is 44.5 Å². The highest BCUT2D eigenvalue weighted by atomic mass is 32.1. The maximum absolute atomic E-state index is 6.45. The first-order chi connectivity index (χ1) is 20.8. The lowest BCUT2D eigenvalue weighted by atomic mass is 9.98. The maximum atomic E-state index is 6.45. The van der Waals surface area contributed by atoms with Gasteiger partial charge in [0.1, 0.15) is 5.58 Å². The molecule has 0 amide bonds. The number of hydrogen-bond donors (Lipinski definition) is 1. The SMILES string of the molecule is c1ccc(N(c2ccccc2)c2ccc3sc4c(cc5ccc6cc7c8ccccc8oc7c7[nH]c4c5c67)c3c2)cc1. The van der Waals surface area contributed by atoms with Crippen LogP contribution in [0.2, 0.25) is 0 Å². The van der Waals surface area contributed by atoms with Crippen molar-refractivity contribution in [1.82, 2.24) is 4.98 Å². The Morgan fingerprint density at radius 1 is 0.524 bits per heavy atom. The third-order valence-electron chi connectivity index (χ3n) is 8.70. The molecule has 42 heavy (non-hydrogen) atoms. The number of hydrogen-bond acceptors (Lipinski definition) is 3. The van der Waals surface area contributed by atoms with E-state index < -0.39 is 0 Å². The molecule has 0 radical (unpaired) electrons. The first-order valence-corrected chi connectivity index (χ1v) is 15.0. The number of aromatic amines is 1. The second-order valence-electron chi connectivity index (χ2n) is 11.0. The van der Waals surface area contributed by atoms with Crippen LogP contribution < -0.4 is 4.90 Å². The number of anilines is 3. The molecule has 3 aromatic heterocycles. The van der Waals surface area contributed by atoms with Crippen molar-refractivity contribution in [3.05, 3.63) is 127 Å². The molecule has 10 rings (SSSR count). The summed E-state index contributed by atoms with van der Waals surface area (Å²) in [5.74, 6) is 0. The Morgan fingerprint density at radius 3 is 1.95 bits per heavy atom. The summed E-state index contributed by atoms with van der Waals surface area (Å²) in [5.41, 5.74) is 7.57. The lowest BCUT2D eigenvalue weighted by molar-refractivity contribution is 0.672. The molecule has 0 spiro atoms. The van der Waals surface area contributed by atoms with E-state index in [4.69, 9.17) is 4.42 Å². The average Bonchev–Trinajstić information content (AvgIpc) is 3.73. The molecule has 0 atom stereocenters. The Hall–Kier alpha value is -5.32. The number of nitrogens with zero attached hydrogens (tertiary/aromatic N) is 1. The Kier molecular flexibility index (Phi) is 4.33. The summed E-state index contributed by atoms with van der Waals surface area (Å²) in [6.07, 6.45) is 0. The molecule has 0 fully saturated rings. The number of rotatable bonds is 3. The smallest absolute Gasteiger partial charge is 0.159 e. The molecule has 0 unspecified atom stereocenters. The van der Waals surface area contributed by atoms with Crippen molar-refractivity contribution in [2.75, 3.05) is 4.90 Å². The van der Waals surface area contributed by atoms with Gasteiger partial charge in [-0.15, -0.1) is 11.3 Å². The fourth-order valence-corrected chi connectivity index (χ4v) is 8.05. The predicted octanol–water partition coefficient (Wildman–Crippen LogP) is 11.6. The van der Waals surface area contributed by atoms with Gasteiger partial charge < -0.3 is 14.3 Å². The van der Waals surface area contributed by atoms with Gasteiger partial charge in [-0.3, -0.25) is 0 Å². The summed E-state index contributed by atoms with van der Waals surface area (Å²) in [6, 6.07) is 45.6. The van der Waals surface area contributed by atoms with Gasteiger partial charge in [-0.1, -0.05) is 66.7 Å². The minimum atomic E-state index is 0.925. The van der Waals surface area contributed by atoms with Gasteiger partial charge in [-0.05, 0) is 71.4 Å². The molecular formula is C38H22N2OS. The molecule has 0 aliphatic rings. The van der Waals surface area contributed by atoms with Crippen LogP contribution in [0.5, 0.6) is 0 Å². The average molecular weight is 555 g/mol. The van der Waals surface area contributed by atoms with Crippen LogP contribution in [-0.4, -0.2) is 4.98 Å². The molecular weight excluding hydrogens is 532 g/mol. The zero-order valence-electron chi connectivity index (χ0n) is 22.4. The number of fused-ring (bicyclic) bond motifs is 8. The first-order valence-electron chi connectivity index (χ1n) is 14.2. The van der Waals surface area contributed by atoms with Crippen molar-refractivity contribution in [3.63, 3.8) is 0 Å². The van der Waals surface area contributed by atoms with Gasteiger partial charge in [0.25, 0.3) is 0 Å². The third kappa shape index (κ3) is 2.94. The summed E-state index contributed by atoms with van der Waals surface area (Å²) in [5, 5.41) is 9.91. The highest BCUT2D eigenvalue weighted by molar-refractivity contribution is 7.26. The number of thiophene rings is 1. The van der Waals surface area contributed by atoms with E-state index in [1.807, 2.05) is 17.4 Å². The van der Waals surface area contributed by atoms with E-state index in [1.54, 1.807) is 0 Å². The first kappa shape index (κ1) is 22.4. The standard InChI is InChI=1S/C38H22N2OS/c1-3-9-24(10-4-1)40(25-11-5-2-6-12-25)26-17-18-32-28(21-26)30-20-23-16-15-22-19-29-27-13-7-8-14-31(27)41-37(29)35-33(22)34(23)36(39-35)38(30)42-32/h1-21,39H. The predicted molar refractivity (Wildman–Crippen MR) is 179 cm³/mol. The van der Waals surface area contributed by atoms with Crippen LogP contribution in [-0.2, 0) is 0 Å². The molecule has 196 valence electrons. The lowest BCUT2D eigenvalue weighted by Gasteiger charge is -2.25. The largest absolute Gasteiger partial charge is 0.454 e. The van der Waals surface area contributed by atoms with Gasteiger partial charge >= 0.3 is 0 Å². The third-order valence-corrected chi connectivity index (χ3v) is 9.91. The van der Waals surface area contributed by atoms with Gasteiger partial charge in [-0.2, -0.15) is 0 Å². The fourth-order valence-electron chi connectivity index (χ4n) is 6.88. The Morgan fingerprint density at radius 2 is 1.19 bits per heavy atom. The van der Waals surface area contributed by atoms with Gasteiger partial charge in [0, 0.05) is 54.1 Å². The van der Waals surface area contributed by atoms with Crippen LogP contribution in [0.3, 0.4) is 0 Å². The van der Waals surface area contributed by atoms with Crippen LogP contribution in [0, 0.1) is 0 Å². The molecule has 4 heteroatoms. The summed E-state index contributed by atoms with van der Waals surface area (Å²) in [4.78, 5) is 6.20. The number of para-hydroxylation sites is 3. The van der Waals surface area contributed by atoms with Crippen LogP contribution in [0.1, 0.15) is 0 Å². The molecule has 10 aromatic rings. The summed E-state index contributed by atoms with van der Waals surface area (Å²) < 4.78 is 9.02. The minimum Gasteiger partial charge on any atom is -0.454 e. The fraction of sp³-hybridized carbons (Fsp3) is 0. The topological polar surface area (TPSA) is 32.2 Å². The van der Waals surface area contributed by atoms with Crippen molar-refractivity contribution in [1.29, 1.82) is 0 Å². The molecule has 3 nitrogen and oxygen atoms in total. The maximum Gasteiger partial charge on any atom is 0.159 e. The Balaban J connectivity index is 1.27. The van der Waals surface area contributed by atoms with E-state index >= 15 is 0 Å². The molecule has 3 heterocycles. The summed E-state index contributed by atoms with van der Waals surface area (Å²) in [7, 11) is 0. The van der Waals surface area contributed by atoms with Crippen molar-refractivity contribution >= 4 is 103 Å². The van der Waals surface area contributed by atoms with Gasteiger partial charge in [-0.25, -0.2) is 0 Å². The molecule has 0 bridgehead atoms. The molecule has 0 saturated heterocycles. The van der Waals surface area contributed by atoms with Crippen LogP contribution in [0.25, 0.3) is 74.7 Å². The highest BCUT2D eigenvalue weighted by Crippen LogP contribution is 2.48. The van der Waals surface area contributed by atoms with Crippen LogP contribution >= 0.6 is 11.3 Å². The van der Waals surface area contributed by atoms with Crippen LogP contribution in [0.4, 0.5) is 17.1 Å². The summed E-state index contributed by atoms with van der Waals surface area (Å²) >= 11 is 1.86.